The van der Waals surface area contributed by atoms with E-state index in [1.54, 1.807) is 57.8 Å². The summed E-state index contributed by atoms with van der Waals surface area (Å²) in [5.41, 5.74) is 0. The van der Waals surface area contributed by atoms with Gasteiger partial charge in [-0.15, -0.1) is 0 Å². The smallest absolute Gasteiger partial charge is 0.0383 e. The van der Waals surface area contributed by atoms with E-state index in [1.165, 1.54) is 57.8 Å². The molecule has 0 saturated heterocycles. The van der Waals surface area contributed by atoms with E-state index >= 15 is 0 Å². The van der Waals surface area contributed by atoms with E-state index in [0.29, 0.717) is 0 Å². The van der Waals surface area contributed by atoms with Crippen molar-refractivity contribution in [1.29, 1.82) is 0 Å². The van der Waals surface area contributed by atoms with Crippen molar-refractivity contribution in [2.45, 2.75) is 116 Å². The monoisotopic (exact) mass is 304 g/mol. The van der Waals surface area contributed by atoms with Crippen LogP contribution < -0.4 is 0 Å². The molecule has 0 N–H and O–H groups in total. The van der Waals surface area contributed by atoms with Crippen LogP contribution in [0.4, 0.5) is 0 Å². The Hall–Kier alpha value is 0. The Labute approximate surface area is 139 Å². The van der Waals surface area contributed by atoms with Gasteiger partial charge in [0.1, 0.15) is 0 Å². The maximum Gasteiger partial charge on any atom is -0.0383 e. The molecule has 0 bridgehead atoms. The average molecular weight is 305 g/mol. The summed E-state index contributed by atoms with van der Waals surface area (Å²) in [5.74, 6) is 4.42. The third-order valence-electron chi connectivity index (χ3n) is 7.35. The highest BCUT2D eigenvalue weighted by Crippen LogP contribution is 2.40. The molecule has 1 atom stereocenters. The van der Waals surface area contributed by atoms with Gasteiger partial charge in [-0.1, -0.05) is 103 Å². The van der Waals surface area contributed by atoms with Crippen molar-refractivity contribution >= 4 is 0 Å². The minimum absolute atomic E-state index is 1.10. The van der Waals surface area contributed by atoms with Crippen molar-refractivity contribution in [2.24, 2.45) is 23.7 Å². The van der Waals surface area contributed by atoms with Gasteiger partial charge in [0.05, 0.1) is 0 Å². The van der Waals surface area contributed by atoms with Gasteiger partial charge in [0, 0.05) is 0 Å². The zero-order chi connectivity index (χ0) is 15.0. The molecule has 0 aliphatic heterocycles. The maximum atomic E-state index is 1.61. The summed E-state index contributed by atoms with van der Waals surface area (Å²) in [6.07, 6.45) is 27.9. The van der Waals surface area contributed by atoms with Gasteiger partial charge in [0.15, 0.2) is 0 Å². The Morgan fingerprint density at radius 3 is 1.64 bits per heavy atom. The van der Waals surface area contributed by atoms with Gasteiger partial charge in [-0.05, 0) is 36.5 Å². The van der Waals surface area contributed by atoms with Crippen molar-refractivity contribution in [3.05, 3.63) is 0 Å². The zero-order valence-corrected chi connectivity index (χ0v) is 15.0. The lowest BCUT2D eigenvalue weighted by Gasteiger charge is -2.35. The van der Waals surface area contributed by atoms with Crippen molar-refractivity contribution in [3.8, 4) is 0 Å². The van der Waals surface area contributed by atoms with Gasteiger partial charge in [-0.2, -0.15) is 0 Å². The van der Waals surface area contributed by atoms with Crippen LogP contribution in [0, 0.1) is 23.7 Å². The van der Waals surface area contributed by atoms with Crippen molar-refractivity contribution in [2.75, 3.05) is 0 Å². The van der Waals surface area contributed by atoms with E-state index < -0.39 is 0 Å². The lowest BCUT2D eigenvalue weighted by Crippen LogP contribution is -2.23. The summed E-state index contributed by atoms with van der Waals surface area (Å²) in [4.78, 5) is 0. The highest BCUT2D eigenvalue weighted by molar-refractivity contribution is 4.79. The molecule has 22 heavy (non-hydrogen) atoms. The molecule has 0 heterocycles. The molecular weight excluding hydrogens is 264 g/mol. The molecule has 0 amide bonds. The van der Waals surface area contributed by atoms with E-state index in [-0.39, 0.29) is 0 Å². The van der Waals surface area contributed by atoms with Crippen LogP contribution in [0.3, 0.4) is 0 Å². The number of hydrogen-bond donors (Lipinski definition) is 0. The largest absolute Gasteiger partial charge is 0.0533 e. The molecule has 3 rings (SSSR count). The first-order valence-electron chi connectivity index (χ1n) is 10.9. The fourth-order valence-electron chi connectivity index (χ4n) is 5.93. The summed E-state index contributed by atoms with van der Waals surface area (Å²) in [6, 6.07) is 0. The summed E-state index contributed by atoms with van der Waals surface area (Å²) >= 11 is 0. The Balaban J connectivity index is 1.49. The van der Waals surface area contributed by atoms with E-state index in [4.69, 9.17) is 0 Å². The first kappa shape index (κ1) is 16.8. The topological polar surface area (TPSA) is 0 Å². The minimum Gasteiger partial charge on any atom is -0.0533 e. The van der Waals surface area contributed by atoms with Crippen LogP contribution in [0.25, 0.3) is 0 Å². The third-order valence-corrected chi connectivity index (χ3v) is 7.35. The fraction of sp³-hybridized carbons (Fsp3) is 1.00. The number of rotatable bonds is 6. The van der Waals surface area contributed by atoms with Gasteiger partial charge >= 0.3 is 0 Å². The van der Waals surface area contributed by atoms with Gasteiger partial charge < -0.3 is 0 Å². The maximum absolute atomic E-state index is 1.61. The lowest BCUT2D eigenvalue weighted by atomic mass is 9.71. The summed E-state index contributed by atoms with van der Waals surface area (Å²) < 4.78 is 0. The van der Waals surface area contributed by atoms with Crippen LogP contribution in [0.2, 0.25) is 0 Å². The molecular formula is C22H40. The summed E-state index contributed by atoms with van der Waals surface area (Å²) in [5, 5.41) is 0. The second-order valence-electron chi connectivity index (χ2n) is 8.98. The highest BCUT2D eigenvalue weighted by Gasteiger charge is 2.28. The van der Waals surface area contributed by atoms with Crippen LogP contribution in [0.15, 0.2) is 0 Å². The Kier molecular flexibility index (Phi) is 7.15. The predicted octanol–water partition coefficient (Wildman–Crippen LogP) is 7.51. The molecule has 0 radical (unpaired) electrons. The molecule has 0 aromatic rings. The first-order chi connectivity index (χ1) is 10.9. The van der Waals surface area contributed by atoms with E-state index in [1.807, 2.05) is 0 Å². The molecule has 0 aromatic heterocycles. The molecule has 3 aliphatic rings. The molecule has 0 spiro atoms. The van der Waals surface area contributed by atoms with Gasteiger partial charge in [0.25, 0.3) is 0 Å². The SMILES string of the molecule is C1CCC(CCC(CC2CCCCC2)C2CCCCC2)CC1. The van der Waals surface area contributed by atoms with Crippen LogP contribution >= 0.6 is 0 Å². The van der Waals surface area contributed by atoms with Gasteiger partial charge in [-0.25, -0.2) is 0 Å². The first-order valence-corrected chi connectivity index (χ1v) is 10.9. The molecule has 3 fully saturated rings. The Morgan fingerprint density at radius 2 is 1.05 bits per heavy atom. The quantitative estimate of drug-likeness (QED) is 0.476. The molecule has 1 unspecified atom stereocenters. The van der Waals surface area contributed by atoms with E-state index in [9.17, 15) is 0 Å². The van der Waals surface area contributed by atoms with Crippen LogP contribution in [-0.4, -0.2) is 0 Å². The molecule has 3 aliphatic carbocycles. The molecule has 3 saturated carbocycles. The van der Waals surface area contributed by atoms with Crippen molar-refractivity contribution in [3.63, 3.8) is 0 Å². The van der Waals surface area contributed by atoms with Crippen LogP contribution in [0.1, 0.15) is 116 Å². The standard InChI is InChI=1S/C22H40/c1-4-10-19(11-5-1)16-17-22(21-14-8-3-9-15-21)18-20-12-6-2-7-13-20/h19-22H,1-18H2. The molecule has 0 heteroatoms. The highest BCUT2D eigenvalue weighted by atomic mass is 14.3. The van der Waals surface area contributed by atoms with Gasteiger partial charge in [0.2, 0.25) is 0 Å². The predicted molar refractivity (Wildman–Crippen MR) is 97.1 cm³/mol. The second-order valence-corrected chi connectivity index (χ2v) is 8.98. The zero-order valence-electron chi connectivity index (χ0n) is 15.0. The minimum atomic E-state index is 1.10. The Morgan fingerprint density at radius 1 is 0.545 bits per heavy atom. The van der Waals surface area contributed by atoms with Crippen molar-refractivity contribution < 1.29 is 0 Å². The molecule has 128 valence electrons. The normalized spacial score (nSPS) is 27.8. The lowest BCUT2D eigenvalue weighted by molar-refractivity contribution is 0.166. The van der Waals surface area contributed by atoms with Gasteiger partial charge in [-0.3, -0.25) is 0 Å². The molecule has 0 nitrogen and oxygen atoms in total. The third kappa shape index (κ3) is 5.27. The molecule has 0 aromatic carbocycles. The second kappa shape index (κ2) is 9.33. The van der Waals surface area contributed by atoms with E-state index in [0.717, 1.165) is 23.7 Å². The summed E-state index contributed by atoms with van der Waals surface area (Å²) in [7, 11) is 0. The fourth-order valence-corrected chi connectivity index (χ4v) is 5.93. The average Bonchev–Trinajstić information content (AvgIpc) is 2.61. The van der Waals surface area contributed by atoms with E-state index in [2.05, 4.69) is 0 Å². The number of hydrogen-bond acceptors (Lipinski definition) is 0. The Bertz CT molecular complexity index is 276. The summed E-state index contributed by atoms with van der Waals surface area (Å²) in [6.45, 7) is 0. The van der Waals surface area contributed by atoms with Crippen LogP contribution in [0.5, 0.6) is 0 Å². The van der Waals surface area contributed by atoms with Crippen LogP contribution in [-0.2, 0) is 0 Å². The van der Waals surface area contributed by atoms with Crippen molar-refractivity contribution in [1.82, 2.24) is 0 Å².